The molecule has 0 aromatic heterocycles. The normalized spacial score (nSPS) is 22.4. The van der Waals surface area contributed by atoms with Gasteiger partial charge in [-0.15, -0.1) is 0 Å². The van der Waals surface area contributed by atoms with Gasteiger partial charge in [0, 0.05) is 23.5 Å². The summed E-state index contributed by atoms with van der Waals surface area (Å²) < 4.78 is 18.0. The van der Waals surface area contributed by atoms with Crippen LogP contribution in [0.2, 0.25) is 0 Å². The summed E-state index contributed by atoms with van der Waals surface area (Å²) in [5.41, 5.74) is 1.51. The molecule has 2 aromatic carbocycles. The molecule has 0 bridgehead atoms. The minimum absolute atomic E-state index is 0.0994. The Balaban J connectivity index is 1.76. The van der Waals surface area contributed by atoms with Gasteiger partial charge < -0.3 is 14.2 Å². The highest BCUT2D eigenvalue weighted by atomic mass is 32.2. The van der Waals surface area contributed by atoms with Gasteiger partial charge >= 0.3 is 0 Å². The van der Waals surface area contributed by atoms with Crippen molar-refractivity contribution in [2.24, 2.45) is 0 Å². The third-order valence-electron chi connectivity index (χ3n) is 5.12. The van der Waals surface area contributed by atoms with Crippen LogP contribution in [0.4, 0.5) is 0 Å². The van der Waals surface area contributed by atoms with Crippen LogP contribution in [-0.4, -0.2) is 48.7 Å². The second-order valence-electron chi connectivity index (χ2n) is 6.93. The smallest absolute Gasteiger partial charge is 0.223 e. The van der Waals surface area contributed by atoms with Crippen LogP contribution in [0.25, 0.3) is 0 Å². The predicted molar refractivity (Wildman–Crippen MR) is 109 cm³/mol. The molecule has 2 aromatic rings. The summed E-state index contributed by atoms with van der Waals surface area (Å²) in [7, 11) is 0. The Bertz CT molecular complexity index is 851. The van der Waals surface area contributed by atoms with Gasteiger partial charge in [-0.3, -0.25) is 9.69 Å². The molecule has 28 heavy (non-hydrogen) atoms. The Morgan fingerprint density at radius 3 is 2.61 bits per heavy atom. The van der Waals surface area contributed by atoms with Gasteiger partial charge in [0.15, 0.2) is 5.78 Å². The van der Waals surface area contributed by atoms with Gasteiger partial charge in [0.25, 0.3) is 0 Å². The molecule has 2 heterocycles. The lowest BCUT2D eigenvalue weighted by atomic mass is 9.99. The molecule has 1 fully saturated rings. The summed E-state index contributed by atoms with van der Waals surface area (Å²) in [4.78, 5) is 16.5. The van der Waals surface area contributed by atoms with E-state index < -0.39 is 5.06 Å². The van der Waals surface area contributed by atoms with E-state index in [1.807, 2.05) is 44.2 Å². The number of fused-ring (bicyclic) bond motifs is 1. The van der Waals surface area contributed by atoms with E-state index in [2.05, 4.69) is 17.0 Å². The van der Waals surface area contributed by atoms with E-state index in [0.717, 1.165) is 29.3 Å². The Labute approximate surface area is 170 Å². The van der Waals surface area contributed by atoms with Crippen molar-refractivity contribution in [1.29, 1.82) is 0 Å². The zero-order valence-corrected chi connectivity index (χ0v) is 17.1. The van der Waals surface area contributed by atoms with Crippen molar-refractivity contribution in [3.8, 4) is 11.5 Å². The monoisotopic (exact) mass is 399 g/mol. The van der Waals surface area contributed by atoms with Gasteiger partial charge in [0.1, 0.15) is 11.5 Å². The number of Topliss-reactive ketones (excluding diaryl/α,β-unsaturated/α-hetero) is 1. The van der Waals surface area contributed by atoms with Gasteiger partial charge in [0.2, 0.25) is 5.06 Å². The Hall–Kier alpha value is -2.02. The largest absolute Gasteiger partial charge is 0.493 e. The summed E-state index contributed by atoms with van der Waals surface area (Å²) in [6.45, 7) is 7.22. The van der Waals surface area contributed by atoms with Crippen LogP contribution in [0.5, 0.6) is 11.5 Å². The van der Waals surface area contributed by atoms with Gasteiger partial charge in [-0.05, 0) is 38.1 Å². The van der Waals surface area contributed by atoms with Crippen molar-refractivity contribution in [2.45, 2.75) is 30.2 Å². The van der Waals surface area contributed by atoms with E-state index in [1.165, 1.54) is 0 Å². The van der Waals surface area contributed by atoms with Gasteiger partial charge in [-0.2, -0.15) is 0 Å². The number of rotatable bonds is 5. The maximum Gasteiger partial charge on any atom is 0.223 e. The number of benzene rings is 2. The maximum absolute atomic E-state index is 13.2. The lowest BCUT2D eigenvalue weighted by Gasteiger charge is -2.46. The van der Waals surface area contributed by atoms with Crippen LogP contribution in [0.3, 0.4) is 0 Å². The molecule has 2 aliphatic rings. The van der Waals surface area contributed by atoms with Gasteiger partial charge in [-0.25, -0.2) is 0 Å². The van der Waals surface area contributed by atoms with Crippen LogP contribution >= 0.6 is 11.8 Å². The number of hydrogen-bond acceptors (Lipinski definition) is 6. The summed E-state index contributed by atoms with van der Waals surface area (Å²) >= 11 is 1.60. The summed E-state index contributed by atoms with van der Waals surface area (Å²) in [5.74, 6) is 1.50. The molecule has 1 saturated heterocycles. The van der Waals surface area contributed by atoms with E-state index >= 15 is 0 Å². The molecule has 5 nitrogen and oxygen atoms in total. The topological polar surface area (TPSA) is 48.0 Å². The molecular formula is C22H25NO4S. The summed E-state index contributed by atoms with van der Waals surface area (Å²) in [5, 5.41) is -0.787. The number of morpholine rings is 1. The van der Waals surface area contributed by atoms with Crippen molar-refractivity contribution in [1.82, 2.24) is 4.90 Å². The zero-order chi connectivity index (χ0) is 19.6. The van der Waals surface area contributed by atoms with Gasteiger partial charge in [0.05, 0.1) is 31.8 Å². The lowest BCUT2D eigenvalue weighted by Crippen LogP contribution is -2.57. The third kappa shape index (κ3) is 3.64. The number of thioether (sulfide) groups is 1. The summed E-state index contributed by atoms with van der Waals surface area (Å²) in [6, 6.07) is 13.8. The first kappa shape index (κ1) is 19.3. The number of ketones is 1. The minimum atomic E-state index is -0.787. The van der Waals surface area contributed by atoms with E-state index in [-0.39, 0.29) is 5.78 Å². The number of nitrogens with zero attached hydrogens (tertiary/aromatic N) is 1. The molecule has 148 valence electrons. The lowest BCUT2D eigenvalue weighted by molar-refractivity contribution is -0.0694. The van der Waals surface area contributed by atoms with E-state index in [1.54, 1.807) is 11.8 Å². The van der Waals surface area contributed by atoms with Crippen LogP contribution < -0.4 is 9.47 Å². The molecule has 0 N–H and O–H groups in total. The molecule has 0 radical (unpaired) electrons. The maximum atomic E-state index is 13.2. The average Bonchev–Trinajstić information content (AvgIpc) is 2.72. The fourth-order valence-electron chi connectivity index (χ4n) is 3.70. The highest BCUT2D eigenvalue weighted by molar-refractivity contribution is 8.00. The van der Waals surface area contributed by atoms with Crippen LogP contribution in [0.15, 0.2) is 47.4 Å². The molecule has 0 aliphatic carbocycles. The van der Waals surface area contributed by atoms with E-state index in [0.29, 0.717) is 37.6 Å². The SMILES string of the molecule is CCOc1ccc2c(c1C)OC(Sc1ccccc1)(N1CCOCC1)CC2=O. The number of carbonyl (C=O) groups excluding carboxylic acids is 1. The molecule has 1 unspecified atom stereocenters. The molecule has 0 spiro atoms. The van der Waals surface area contributed by atoms with Gasteiger partial charge in [-0.1, -0.05) is 30.0 Å². The minimum Gasteiger partial charge on any atom is -0.493 e. The van der Waals surface area contributed by atoms with Crippen LogP contribution in [0, 0.1) is 6.92 Å². The van der Waals surface area contributed by atoms with Crippen molar-refractivity contribution in [3.05, 3.63) is 53.6 Å². The first-order chi connectivity index (χ1) is 13.6. The first-order valence-electron chi connectivity index (χ1n) is 9.68. The van der Waals surface area contributed by atoms with Crippen molar-refractivity contribution < 1.29 is 19.0 Å². The van der Waals surface area contributed by atoms with E-state index in [4.69, 9.17) is 14.2 Å². The fourth-order valence-corrected chi connectivity index (χ4v) is 5.01. The standard InChI is InChI=1S/C22H25NO4S/c1-3-26-20-10-9-18-19(24)15-22(27-21(18)16(20)2,23-11-13-25-14-12-23)28-17-7-5-4-6-8-17/h4-10H,3,11-15H2,1-2H3. The second-order valence-corrected chi connectivity index (χ2v) is 8.24. The molecule has 4 rings (SSSR count). The molecule has 2 aliphatic heterocycles. The number of ether oxygens (including phenoxy) is 3. The van der Waals surface area contributed by atoms with Crippen molar-refractivity contribution in [2.75, 3.05) is 32.9 Å². The average molecular weight is 400 g/mol. The molecule has 0 saturated carbocycles. The first-order valence-corrected chi connectivity index (χ1v) is 10.5. The molecular weight excluding hydrogens is 374 g/mol. The molecule has 6 heteroatoms. The second kappa shape index (κ2) is 8.15. The van der Waals surface area contributed by atoms with Crippen molar-refractivity contribution in [3.63, 3.8) is 0 Å². The quantitative estimate of drug-likeness (QED) is 0.753. The highest BCUT2D eigenvalue weighted by Crippen LogP contribution is 2.48. The van der Waals surface area contributed by atoms with Crippen LogP contribution in [-0.2, 0) is 4.74 Å². The highest BCUT2D eigenvalue weighted by Gasteiger charge is 2.47. The Morgan fingerprint density at radius 1 is 1.14 bits per heavy atom. The predicted octanol–water partition coefficient (Wildman–Crippen LogP) is 4.14. The van der Waals surface area contributed by atoms with E-state index in [9.17, 15) is 4.79 Å². The summed E-state index contributed by atoms with van der Waals surface area (Å²) in [6.07, 6.45) is 0.299. The Kier molecular flexibility index (Phi) is 5.62. The molecule has 1 atom stereocenters. The fraction of sp³-hybridized carbons (Fsp3) is 0.409. The molecule has 0 amide bonds. The number of hydrogen-bond donors (Lipinski definition) is 0. The Morgan fingerprint density at radius 2 is 1.89 bits per heavy atom. The van der Waals surface area contributed by atoms with Crippen LogP contribution in [0.1, 0.15) is 29.3 Å². The van der Waals surface area contributed by atoms with Crippen molar-refractivity contribution >= 4 is 17.5 Å². The zero-order valence-electron chi connectivity index (χ0n) is 16.3. The number of carbonyl (C=O) groups is 1. The third-order valence-corrected chi connectivity index (χ3v) is 6.43.